The molecule has 0 amide bonds. The van der Waals surface area contributed by atoms with E-state index in [9.17, 15) is 0 Å². The number of anilines is 1. The maximum absolute atomic E-state index is 5.71. The molecule has 18 heavy (non-hydrogen) atoms. The van der Waals surface area contributed by atoms with Crippen molar-refractivity contribution in [2.24, 2.45) is 0 Å². The van der Waals surface area contributed by atoms with E-state index in [4.69, 9.17) is 5.73 Å². The van der Waals surface area contributed by atoms with Gasteiger partial charge in [0.15, 0.2) is 0 Å². The van der Waals surface area contributed by atoms with Crippen LogP contribution < -0.4 is 5.73 Å². The summed E-state index contributed by atoms with van der Waals surface area (Å²) in [6, 6.07) is 2.02. The summed E-state index contributed by atoms with van der Waals surface area (Å²) < 4.78 is 0. The molecular formula is C15H27N3. The third-order valence-corrected chi connectivity index (χ3v) is 3.68. The van der Waals surface area contributed by atoms with Crippen LogP contribution in [0.25, 0.3) is 0 Å². The Kier molecular flexibility index (Phi) is 6.10. The minimum atomic E-state index is 0.152. The first-order valence-corrected chi connectivity index (χ1v) is 7.21. The smallest absolute Gasteiger partial charge is 0.220 e. The molecule has 0 fully saturated rings. The van der Waals surface area contributed by atoms with Crippen LogP contribution in [0, 0.1) is 0 Å². The summed E-state index contributed by atoms with van der Waals surface area (Å²) in [5.74, 6) is 0.392. The summed E-state index contributed by atoms with van der Waals surface area (Å²) >= 11 is 0. The minimum absolute atomic E-state index is 0.152. The van der Waals surface area contributed by atoms with Gasteiger partial charge in [-0.1, -0.05) is 52.9 Å². The Bertz CT molecular complexity index is 351. The normalized spacial score (nSPS) is 14.4. The number of nitrogen functional groups attached to an aromatic ring is 1. The van der Waals surface area contributed by atoms with Gasteiger partial charge in [-0.3, -0.25) is 0 Å². The minimum Gasteiger partial charge on any atom is -0.368 e. The molecule has 1 unspecified atom stereocenters. The summed E-state index contributed by atoms with van der Waals surface area (Å²) in [5.41, 5.74) is 6.96. The molecule has 0 aromatic carbocycles. The molecule has 0 radical (unpaired) electrons. The zero-order valence-corrected chi connectivity index (χ0v) is 12.1. The van der Waals surface area contributed by atoms with E-state index in [2.05, 4.69) is 30.7 Å². The first kappa shape index (κ1) is 14.9. The summed E-state index contributed by atoms with van der Waals surface area (Å²) in [5, 5.41) is 0. The summed E-state index contributed by atoms with van der Waals surface area (Å²) in [6.07, 6.45) is 10.5. The van der Waals surface area contributed by atoms with Crippen LogP contribution in [0.5, 0.6) is 0 Å². The van der Waals surface area contributed by atoms with Crippen molar-refractivity contribution in [3.63, 3.8) is 0 Å². The van der Waals surface area contributed by atoms with Crippen LogP contribution in [0.1, 0.15) is 71.4 Å². The zero-order chi connectivity index (χ0) is 13.4. The van der Waals surface area contributed by atoms with E-state index in [1.54, 1.807) is 6.20 Å². The first-order chi connectivity index (χ1) is 8.62. The molecule has 0 saturated heterocycles. The van der Waals surface area contributed by atoms with Gasteiger partial charge < -0.3 is 5.73 Å². The van der Waals surface area contributed by atoms with Gasteiger partial charge in [0.2, 0.25) is 5.95 Å². The predicted molar refractivity (Wildman–Crippen MR) is 77.5 cm³/mol. The second-order valence-corrected chi connectivity index (χ2v) is 5.42. The van der Waals surface area contributed by atoms with Gasteiger partial charge in [0.05, 0.1) is 5.69 Å². The van der Waals surface area contributed by atoms with Gasteiger partial charge in [0.1, 0.15) is 0 Å². The van der Waals surface area contributed by atoms with Crippen LogP contribution in [-0.2, 0) is 5.41 Å². The molecule has 0 aliphatic heterocycles. The van der Waals surface area contributed by atoms with Gasteiger partial charge >= 0.3 is 0 Å². The highest BCUT2D eigenvalue weighted by atomic mass is 15.0. The molecule has 102 valence electrons. The Morgan fingerprint density at radius 3 is 2.50 bits per heavy atom. The van der Waals surface area contributed by atoms with E-state index >= 15 is 0 Å². The number of nitrogens with zero attached hydrogens (tertiary/aromatic N) is 2. The van der Waals surface area contributed by atoms with Crippen molar-refractivity contribution < 1.29 is 0 Å². The number of hydrogen-bond donors (Lipinski definition) is 1. The van der Waals surface area contributed by atoms with Gasteiger partial charge in [-0.25, -0.2) is 9.97 Å². The fourth-order valence-corrected chi connectivity index (χ4v) is 2.58. The SMILES string of the molecule is CCCCCCC(C)(CCC)c1ccnc(N)n1. The maximum Gasteiger partial charge on any atom is 0.220 e. The van der Waals surface area contributed by atoms with E-state index in [1.807, 2.05) is 6.07 Å². The largest absolute Gasteiger partial charge is 0.368 e. The molecular weight excluding hydrogens is 222 g/mol. The lowest BCUT2D eigenvalue weighted by molar-refractivity contribution is 0.367. The molecule has 0 spiro atoms. The van der Waals surface area contributed by atoms with Crippen molar-refractivity contribution in [1.82, 2.24) is 9.97 Å². The average Bonchev–Trinajstić information content (AvgIpc) is 2.35. The predicted octanol–water partition coefficient (Wildman–Crippen LogP) is 4.09. The Balaban J connectivity index is 2.72. The fourth-order valence-electron chi connectivity index (χ4n) is 2.58. The highest BCUT2D eigenvalue weighted by molar-refractivity contribution is 5.22. The Morgan fingerprint density at radius 1 is 1.11 bits per heavy atom. The van der Waals surface area contributed by atoms with Gasteiger partial charge in [0.25, 0.3) is 0 Å². The van der Waals surface area contributed by atoms with Crippen LogP contribution in [0.2, 0.25) is 0 Å². The Hall–Kier alpha value is -1.12. The topological polar surface area (TPSA) is 51.8 Å². The van der Waals surface area contributed by atoms with Gasteiger partial charge in [-0.2, -0.15) is 0 Å². The van der Waals surface area contributed by atoms with Crippen molar-refractivity contribution in [2.45, 2.75) is 71.1 Å². The molecule has 0 aliphatic rings. The highest BCUT2D eigenvalue weighted by Gasteiger charge is 2.26. The third kappa shape index (κ3) is 4.28. The average molecular weight is 249 g/mol. The maximum atomic E-state index is 5.71. The van der Waals surface area contributed by atoms with Crippen LogP contribution in [0.15, 0.2) is 12.3 Å². The standard InChI is InChI=1S/C15H27N3/c1-4-6-7-8-11-15(3,10-5-2)13-9-12-17-14(16)18-13/h9,12H,4-8,10-11H2,1-3H3,(H2,16,17,18). The van der Waals surface area contributed by atoms with E-state index in [-0.39, 0.29) is 5.41 Å². The van der Waals surface area contributed by atoms with Crippen LogP contribution in [-0.4, -0.2) is 9.97 Å². The van der Waals surface area contributed by atoms with Gasteiger partial charge in [-0.05, 0) is 18.9 Å². The summed E-state index contributed by atoms with van der Waals surface area (Å²) in [7, 11) is 0. The van der Waals surface area contributed by atoms with Crippen molar-refractivity contribution in [3.8, 4) is 0 Å². The van der Waals surface area contributed by atoms with Crippen molar-refractivity contribution in [2.75, 3.05) is 5.73 Å². The molecule has 3 nitrogen and oxygen atoms in total. The van der Waals surface area contributed by atoms with E-state index in [0.717, 1.165) is 12.1 Å². The number of hydrogen-bond acceptors (Lipinski definition) is 3. The van der Waals surface area contributed by atoms with E-state index in [0.29, 0.717) is 5.95 Å². The lowest BCUT2D eigenvalue weighted by Crippen LogP contribution is -2.24. The second-order valence-electron chi connectivity index (χ2n) is 5.42. The fraction of sp³-hybridized carbons (Fsp3) is 0.733. The van der Waals surface area contributed by atoms with Crippen LogP contribution in [0.4, 0.5) is 5.95 Å². The second kappa shape index (κ2) is 7.34. The van der Waals surface area contributed by atoms with Crippen molar-refractivity contribution in [3.05, 3.63) is 18.0 Å². The molecule has 1 heterocycles. The molecule has 0 bridgehead atoms. The molecule has 2 N–H and O–H groups in total. The molecule has 1 atom stereocenters. The molecule has 1 aromatic rings. The molecule has 0 saturated carbocycles. The number of unbranched alkanes of at least 4 members (excludes halogenated alkanes) is 3. The van der Waals surface area contributed by atoms with E-state index in [1.165, 1.54) is 38.5 Å². The zero-order valence-electron chi connectivity index (χ0n) is 12.1. The van der Waals surface area contributed by atoms with Crippen molar-refractivity contribution >= 4 is 5.95 Å². The molecule has 1 aromatic heterocycles. The Labute approximate surface area is 111 Å². The quantitative estimate of drug-likeness (QED) is 0.706. The monoisotopic (exact) mass is 249 g/mol. The molecule has 3 heteroatoms. The van der Waals surface area contributed by atoms with Crippen molar-refractivity contribution in [1.29, 1.82) is 0 Å². The highest BCUT2D eigenvalue weighted by Crippen LogP contribution is 2.33. The Morgan fingerprint density at radius 2 is 1.89 bits per heavy atom. The molecule has 0 aliphatic carbocycles. The lowest BCUT2D eigenvalue weighted by atomic mass is 9.77. The number of rotatable bonds is 8. The lowest BCUT2D eigenvalue weighted by Gasteiger charge is -2.29. The van der Waals surface area contributed by atoms with E-state index < -0.39 is 0 Å². The number of aromatic nitrogens is 2. The first-order valence-electron chi connectivity index (χ1n) is 7.21. The molecule has 1 rings (SSSR count). The summed E-state index contributed by atoms with van der Waals surface area (Å²) in [4.78, 5) is 8.42. The third-order valence-electron chi connectivity index (χ3n) is 3.68. The van der Waals surface area contributed by atoms with Crippen LogP contribution in [0.3, 0.4) is 0 Å². The summed E-state index contributed by atoms with van der Waals surface area (Å²) in [6.45, 7) is 6.79. The number of nitrogens with two attached hydrogens (primary N) is 1. The van der Waals surface area contributed by atoms with Gasteiger partial charge in [-0.15, -0.1) is 0 Å². The van der Waals surface area contributed by atoms with Crippen LogP contribution >= 0.6 is 0 Å². The van der Waals surface area contributed by atoms with Gasteiger partial charge in [0, 0.05) is 11.6 Å².